The van der Waals surface area contributed by atoms with Crippen molar-refractivity contribution in [1.82, 2.24) is 4.31 Å². The Bertz CT molecular complexity index is 888. The summed E-state index contributed by atoms with van der Waals surface area (Å²) in [6.07, 6.45) is 3.69. The SMILES string of the molecule is C=CCOC1(c2cc(F)c(CN3S[C@@H](c4ccccc4)CC[C@@H]3C)cc2F)COC1. The van der Waals surface area contributed by atoms with Crippen LogP contribution < -0.4 is 0 Å². The van der Waals surface area contributed by atoms with E-state index in [4.69, 9.17) is 9.47 Å². The summed E-state index contributed by atoms with van der Waals surface area (Å²) < 4.78 is 43.2. The zero-order valence-electron chi connectivity index (χ0n) is 17.2. The monoisotopic (exact) mass is 431 g/mol. The fourth-order valence-corrected chi connectivity index (χ4v) is 5.37. The van der Waals surface area contributed by atoms with Gasteiger partial charge in [0, 0.05) is 29.0 Å². The van der Waals surface area contributed by atoms with Crippen LogP contribution in [-0.4, -0.2) is 30.2 Å². The number of nitrogens with zero attached hydrogens (tertiary/aromatic N) is 1. The van der Waals surface area contributed by atoms with Gasteiger partial charge in [0.1, 0.15) is 17.2 Å². The average molecular weight is 432 g/mol. The fraction of sp³-hybridized carbons (Fsp3) is 0.417. The maximum atomic E-state index is 15.0. The highest BCUT2D eigenvalue weighted by molar-refractivity contribution is 7.97. The summed E-state index contributed by atoms with van der Waals surface area (Å²) in [6, 6.07) is 13.2. The van der Waals surface area contributed by atoms with Crippen molar-refractivity contribution in [1.29, 1.82) is 0 Å². The van der Waals surface area contributed by atoms with Gasteiger partial charge in [0.05, 0.1) is 19.8 Å². The highest BCUT2D eigenvalue weighted by Gasteiger charge is 2.44. The predicted octanol–water partition coefficient (Wildman–Crippen LogP) is 5.77. The van der Waals surface area contributed by atoms with Crippen LogP contribution in [0.5, 0.6) is 0 Å². The van der Waals surface area contributed by atoms with Gasteiger partial charge in [-0.1, -0.05) is 48.4 Å². The van der Waals surface area contributed by atoms with Crippen LogP contribution >= 0.6 is 11.9 Å². The maximum absolute atomic E-state index is 15.0. The van der Waals surface area contributed by atoms with Gasteiger partial charge in [0.25, 0.3) is 0 Å². The minimum atomic E-state index is -0.927. The van der Waals surface area contributed by atoms with E-state index in [1.54, 1.807) is 18.0 Å². The molecule has 3 nitrogen and oxygen atoms in total. The fourth-order valence-electron chi connectivity index (χ4n) is 3.99. The van der Waals surface area contributed by atoms with Gasteiger partial charge in [-0.15, -0.1) is 6.58 Å². The summed E-state index contributed by atoms with van der Waals surface area (Å²) >= 11 is 1.73. The van der Waals surface area contributed by atoms with Crippen molar-refractivity contribution in [3.8, 4) is 0 Å². The topological polar surface area (TPSA) is 21.7 Å². The summed E-state index contributed by atoms with van der Waals surface area (Å²) in [5.41, 5.74) is 0.929. The molecule has 2 heterocycles. The van der Waals surface area contributed by atoms with Crippen molar-refractivity contribution < 1.29 is 18.3 Å². The van der Waals surface area contributed by atoms with E-state index in [0.29, 0.717) is 23.4 Å². The molecule has 0 radical (unpaired) electrons. The van der Waals surface area contributed by atoms with Crippen LogP contribution in [0, 0.1) is 11.6 Å². The Morgan fingerprint density at radius 1 is 1.20 bits per heavy atom. The quantitative estimate of drug-likeness (QED) is 0.410. The van der Waals surface area contributed by atoms with Gasteiger partial charge in [0.2, 0.25) is 0 Å². The smallest absolute Gasteiger partial charge is 0.143 e. The summed E-state index contributed by atoms with van der Waals surface area (Å²) in [7, 11) is 0. The molecule has 2 aromatic carbocycles. The van der Waals surface area contributed by atoms with E-state index in [-0.39, 0.29) is 25.4 Å². The Hall–Kier alpha value is -1.73. The van der Waals surface area contributed by atoms with Crippen LogP contribution in [0.1, 0.15) is 41.7 Å². The van der Waals surface area contributed by atoms with E-state index in [2.05, 4.69) is 29.9 Å². The number of benzene rings is 2. The molecular weight excluding hydrogens is 404 g/mol. The third-order valence-corrected chi connectivity index (χ3v) is 7.40. The first-order valence-corrected chi connectivity index (χ1v) is 11.2. The van der Waals surface area contributed by atoms with Gasteiger partial charge in [-0.2, -0.15) is 0 Å². The number of hydrogen-bond acceptors (Lipinski definition) is 4. The summed E-state index contributed by atoms with van der Waals surface area (Å²) in [5.74, 6) is -0.859. The molecule has 0 N–H and O–H groups in total. The Morgan fingerprint density at radius 2 is 1.97 bits per heavy atom. The lowest BCUT2D eigenvalue weighted by atomic mass is 9.90. The molecule has 2 aliphatic rings. The maximum Gasteiger partial charge on any atom is 0.143 e. The van der Waals surface area contributed by atoms with Crippen molar-refractivity contribution in [2.24, 2.45) is 0 Å². The van der Waals surface area contributed by atoms with E-state index in [1.807, 2.05) is 18.2 Å². The van der Waals surface area contributed by atoms with Crippen molar-refractivity contribution in [2.75, 3.05) is 19.8 Å². The highest BCUT2D eigenvalue weighted by atomic mass is 32.2. The number of rotatable bonds is 7. The molecule has 2 aromatic rings. The Labute approximate surface area is 181 Å². The molecule has 0 saturated carbocycles. The van der Waals surface area contributed by atoms with Crippen molar-refractivity contribution in [3.05, 3.63) is 83.4 Å². The van der Waals surface area contributed by atoms with Gasteiger partial charge in [-0.3, -0.25) is 0 Å². The second kappa shape index (κ2) is 9.18. The van der Waals surface area contributed by atoms with Crippen LogP contribution in [0.25, 0.3) is 0 Å². The molecule has 0 aliphatic carbocycles. The summed E-state index contributed by atoms with van der Waals surface area (Å²) in [6.45, 7) is 6.82. The molecule has 4 rings (SSSR count). The lowest BCUT2D eigenvalue weighted by Gasteiger charge is -2.41. The van der Waals surface area contributed by atoms with E-state index in [9.17, 15) is 0 Å². The van der Waals surface area contributed by atoms with Crippen LogP contribution in [0.3, 0.4) is 0 Å². The van der Waals surface area contributed by atoms with Gasteiger partial charge < -0.3 is 9.47 Å². The standard InChI is InChI=1S/C24H27F2NO2S/c1-3-11-29-24(15-28-16-24)20-13-21(25)19(12-22(20)26)14-27-17(2)9-10-23(30-27)18-7-5-4-6-8-18/h3-8,12-13,17,23H,1,9-11,14-16H2,2H3/t17-,23+/m0/s1. The normalized spacial score (nSPS) is 23.7. The molecule has 0 aromatic heterocycles. The zero-order valence-corrected chi connectivity index (χ0v) is 18.0. The third-order valence-electron chi connectivity index (χ3n) is 5.87. The highest BCUT2D eigenvalue weighted by Crippen LogP contribution is 2.43. The summed E-state index contributed by atoms with van der Waals surface area (Å²) in [4.78, 5) is 0. The van der Waals surface area contributed by atoms with Crippen LogP contribution in [0.15, 0.2) is 55.1 Å². The van der Waals surface area contributed by atoms with Crippen LogP contribution in [0.4, 0.5) is 8.78 Å². The van der Waals surface area contributed by atoms with Crippen molar-refractivity contribution >= 4 is 11.9 Å². The minimum absolute atomic E-state index is 0.217. The van der Waals surface area contributed by atoms with E-state index in [1.165, 1.54) is 17.7 Å². The van der Waals surface area contributed by atoms with Crippen LogP contribution in [0.2, 0.25) is 0 Å². The Balaban J connectivity index is 1.53. The van der Waals surface area contributed by atoms with Gasteiger partial charge in [0.15, 0.2) is 0 Å². The van der Waals surface area contributed by atoms with Gasteiger partial charge in [-0.25, -0.2) is 13.1 Å². The lowest BCUT2D eigenvalue weighted by Crippen LogP contribution is -2.49. The third kappa shape index (κ3) is 4.33. The molecule has 0 spiro atoms. The van der Waals surface area contributed by atoms with Crippen molar-refractivity contribution in [2.45, 2.75) is 43.2 Å². The number of hydrogen-bond donors (Lipinski definition) is 0. The molecule has 2 saturated heterocycles. The molecule has 30 heavy (non-hydrogen) atoms. The molecular formula is C24H27F2NO2S. The largest absolute Gasteiger partial charge is 0.375 e. The molecule has 160 valence electrons. The number of halogens is 2. The van der Waals surface area contributed by atoms with E-state index >= 15 is 8.78 Å². The Morgan fingerprint density at radius 3 is 2.63 bits per heavy atom. The molecule has 0 unspecified atom stereocenters. The second-order valence-corrected chi connectivity index (χ2v) is 9.27. The molecule has 2 fully saturated rings. The molecule has 2 atom stereocenters. The lowest BCUT2D eigenvalue weighted by molar-refractivity contribution is -0.212. The molecule has 0 amide bonds. The predicted molar refractivity (Wildman–Crippen MR) is 116 cm³/mol. The molecule has 6 heteroatoms. The van der Waals surface area contributed by atoms with Gasteiger partial charge in [-0.05, 0) is 37.5 Å². The molecule has 0 bridgehead atoms. The second-order valence-electron chi connectivity index (χ2n) is 8.02. The first-order chi connectivity index (χ1) is 14.5. The molecule has 2 aliphatic heterocycles. The van der Waals surface area contributed by atoms with Gasteiger partial charge >= 0.3 is 0 Å². The minimum Gasteiger partial charge on any atom is -0.375 e. The van der Waals surface area contributed by atoms with Crippen molar-refractivity contribution in [3.63, 3.8) is 0 Å². The first kappa shape index (κ1) is 21.5. The van der Waals surface area contributed by atoms with Crippen LogP contribution in [-0.2, 0) is 21.6 Å². The zero-order chi connectivity index (χ0) is 21.1. The first-order valence-electron chi connectivity index (χ1n) is 10.3. The van der Waals surface area contributed by atoms with E-state index < -0.39 is 17.2 Å². The Kier molecular flexibility index (Phi) is 6.58. The number of ether oxygens (including phenoxy) is 2. The van der Waals surface area contributed by atoms with E-state index in [0.717, 1.165) is 12.8 Å². The summed E-state index contributed by atoms with van der Waals surface area (Å²) in [5, 5.41) is 0.331. The average Bonchev–Trinajstić information content (AvgIpc) is 2.72.